The highest BCUT2D eigenvalue weighted by Gasteiger charge is 2.22. The molecule has 0 radical (unpaired) electrons. The molecule has 6 heteroatoms. The maximum absolute atomic E-state index is 10.5. The molecule has 262 valence electrons. The van der Waals surface area contributed by atoms with Gasteiger partial charge >= 0.3 is 0 Å². The van der Waals surface area contributed by atoms with Crippen LogP contribution in [-0.2, 0) is 0 Å². The zero-order valence-electron chi connectivity index (χ0n) is 30.3. The molecule has 0 unspecified atom stereocenters. The Bertz CT molecular complexity index is 3580. The summed E-state index contributed by atoms with van der Waals surface area (Å²) in [6.07, 6.45) is 0. The Morgan fingerprint density at radius 3 is 1.47 bits per heavy atom. The van der Waals surface area contributed by atoms with Crippen molar-refractivity contribution >= 4 is 65.4 Å². The fourth-order valence-corrected chi connectivity index (χ4v) is 8.93. The number of aromatic nitrogens is 3. The molecule has 0 aliphatic heterocycles. The molecule has 0 spiro atoms. The van der Waals surface area contributed by atoms with Crippen molar-refractivity contribution in [2.45, 2.75) is 0 Å². The quantitative estimate of drug-likeness (QED) is 0.181. The van der Waals surface area contributed by atoms with Crippen LogP contribution < -0.4 is 0 Å². The van der Waals surface area contributed by atoms with E-state index in [9.17, 15) is 15.8 Å². The van der Waals surface area contributed by atoms with Gasteiger partial charge < -0.3 is 13.7 Å². The third-order valence-electron chi connectivity index (χ3n) is 11.3. The van der Waals surface area contributed by atoms with Gasteiger partial charge in [0.25, 0.3) is 0 Å². The molecule has 3 aromatic heterocycles. The fraction of sp³-hybridized carbons (Fsp3) is 0. The summed E-state index contributed by atoms with van der Waals surface area (Å²) in [7, 11) is 0. The van der Waals surface area contributed by atoms with Crippen LogP contribution in [0.3, 0.4) is 0 Å². The average Bonchev–Trinajstić information content (AvgIpc) is 3.91. The monoisotopic (exact) mass is 724 g/mol. The molecule has 0 saturated heterocycles. The van der Waals surface area contributed by atoms with Crippen molar-refractivity contribution in [1.29, 1.82) is 15.8 Å². The second-order valence-corrected chi connectivity index (χ2v) is 14.3. The molecule has 0 saturated carbocycles. The SMILES string of the molecule is N#Cc1cc(-c2ccccc2-n2c3ccc(C#N)cc3c3cccc(-n4c5ccccc5c5ccccc54)c32)cc(-n2c3ccccc3c3cc(C#N)ccc32)c1. The Hall–Kier alpha value is -8.37. The molecule has 57 heavy (non-hydrogen) atoms. The lowest BCUT2D eigenvalue weighted by Gasteiger charge is -2.18. The number of hydrogen-bond donors (Lipinski definition) is 0. The summed E-state index contributed by atoms with van der Waals surface area (Å²) in [5.74, 6) is 0. The summed E-state index contributed by atoms with van der Waals surface area (Å²) < 4.78 is 6.86. The van der Waals surface area contributed by atoms with E-state index in [1.54, 1.807) is 0 Å². The van der Waals surface area contributed by atoms with Gasteiger partial charge in [0.05, 0.1) is 79.4 Å². The van der Waals surface area contributed by atoms with Crippen molar-refractivity contribution in [2.75, 3.05) is 0 Å². The van der Waals surface area contributed by atoms with Crippen LogP contribution in [0.2, 0.25) is 0 Å². The lowest BCUT2D eigenvalue weighted by Crippen LogP contribution is -2.02. The molecule has 6 nitrogen and oxygen atoms in total. The van der Waals surface area contributed by atoms with Crippen LogP contribution in [0.15, 0.2) is 170 Å². The standard InChI is InChI=1S/C51H28N6/c52-29-32-20-22-48-42(26-32)40-13-4-6-16-45(40)55(48)36-25-34(31-54)24-35(28-36)37-10-1-5-15-44(37)57-49-23-21-33(30-53)27-43(49)41-14-9-19-50(51(41)57)56-46-17-7-2-11-38(46)39-12-3-8-18-47(39)56/h1-28H. The van der Waals surface area contributed by atoms with Gasteiger partial charge in [-0.2, -0.15) is 15.8 Å². The molecule has 3 heterocycles. The van der Waals surface area contributed by atoms with Crippen molar-refractivity contribution in [3.63, 3.8) is 0 Å². The number of fused-ring (bicyclic) bond motifs is 9. The number of hydrogen-bond acceptors (Lipinski definition) is 3. The summed E-state index contributed by atoms with van der Waals surface area (Å²) >= 11 is 0. The smallest absolute Gasteiger partial charge is 0.0992 e. The lowest BCUT2D eigenvalue weighted by atomic mass is 10.00. The minimum Gasteiger partial charge on any atom is -0.309 e. The topological polar surface area (TPSA) is 86.2 Å². The summed E-state index contributed by atoms with van der Waals surface area (Å²) in [5.41, 5.74) is 12.5. The van der Waals surface area contributed by atoms with Crippen LogP contribution in [0, 0.1) is 34.0 Å². The van der Waals surface area contributed by atoms with Crippen LogP contribution in [-0.4, -0.2) is 13.7 Å². The van der Waals surface area contributed by atoms with E-state index in [2.05, 4.69) is 135 Å². The molecule has 11 aromatic rings. The highest BCUT2D eigenvalue weighted by Crippen LogP contribution is 2.42. The summed E-state index contributed by atoms with van der Waals surface area (Å²) in [6.45, 7) is 0. The van der Waals surface area contributed by atoms with Gasteiger partial charge in [-0.1, -0.05) is 84.9 Å². The van der Waals surface area contributed by atoms with E-state index < -0.39 is 0 Å². The van der Waals surface area contributed by atoms with Gasteiger partial charge in [0.1, 0.15) is 0 Å². The fourth-order valence-electron chi connectivity index (χ4n) is 8.93. The largest absolute Gasteiger partial charge is 0.309 e. The predicted octanol–water partition coefficient (Wildman–Crippen LogP) is 12.3. The van der Waals surface area contributed by atoms with Crippen LogP contribution in [0.1, 0.15) is 16.7 Å². The Kier molecular flexibility index (Phi) is 6.95. The van der Waals surface area contributed by atoms with Crippen molar-refractivity contribution in [1.82, 2.24) is 13.7 Å². The van der Waals surface area contributed by atoms with Gasteiger partial charge in [0.15, 0.2) is 0 Å². The van der Waals surface area contributed by atoms with E-state index in [0.29, 0.717) is 16.7 Å². The summed E-state index contributed by atoms with van der Waals surface area (Å²) in [5, 5.41) is 36.7. The minimum absolute atomic E-state index is 0.531. The van der Waals surface area contributed by atoms with Crippen molar-refractivity contribution < 1.29 is 0 Å². The third kappa shape index (κ3) is 4.68. The van der Waals surface area contributed by atoms with Gasteiger partial charge in [0, 0.05) is 43.6 Å². The molecule has 0 fully saturated rings. The molecular formula is C51H28N6. The van der Waals surface area contributed by atoms with Crippen molar-refractivity contribution in [3.05, 3.63) is 187 Å². The second kappa shape index (κ2) is 12.3. The van der Waals surface area contributed by atoms with E-state index in [4.69, 9.17) is 0 Å². The van der Waals surface area contributed by atoms with E-state index in [1.165, 1.54) is 10.8 Å². The van der Waals surface area contributed by atoms with Crippen LogP contribution in [0.4, 0.5) is 0 Å². The first-order valence-corrected chi connectivity index (χ1v) is 18.7. The first-order chi connectivity index (χ1) is 28.1. The van der Waals surface area contributed by atoms with E-state index in [1.807, 2.05) is 66.7 Å². The second-order valence-electron chi connectivity index (χ2n) is 14.3. The lowest BCUT2D eigenvalue weighted by molar-refractivity contribution is 1.13. The molecule has 0 amide bonds. The maximum Gasteiger partial charge on any atom is 0.0992 e. The zero-order chi connectivity index (χ0) is 38.2. The predicted molar refractivity (Wildman–Crippen MR) is 229 cm³/mol. The van der Waals surface area contributed by atoms with Crippen molar-refractivity contribution in [2.24, 2.45) is 0 Å². The van der Waals surface area contributed by atoms with Crippen LogP contribution >= 0.6 is 0 Å². The summed E-state index contributed by atoms with van der Waals surface area (Å²) in [6, 6.07) is 64.8. The molecule has 0 bridgehead atoms. The van der Waals surface area contributed by atoms with Gasteiger partial charge in [-0.05, 0) is 90.5 Å². The number of para-hydroxylation sites is 5. The Balaban J connectivity index is 1.23. The first kappa shape index (κ1) is 32.1. The van der Waals surface area contributed by atoms with Gasteiger partial charge in [-0.25, -0.2) is 0 Å². The molecule has 0 aliphatic rings. The molecule has 0 atom stereocenters. The molecule has 0 N–H and O–H groups in total. The van der Waals surface area contributed by atoms with Crippen LogP contribution in [0.5, 0.6) is 0 Å². The number of nitriles is 3. The normalized spacial score (nSPS) is 11.5. The number of rotatable bonds is 4. The maximum atomic E-state index is 10.5. The zero-order valence-corrected chi connectivity index (χ0v) is 30.3. The number of nitrogens with zero attached hydrogens (tertiary/aromatic N) is 6. The number of benzene rings is 8. The van der Waals surface area contributed by atoms with E-state index in [0.717, 1.165) is 82.8 Å². The highest BCUT2D eigenvalue weighted by molar-refractivity contribution is 6.16. The average molecular weight is 725 g/mol. The molecular weight excluding hydrogens is 697 g/mol. The molecule has 8 aromatic carbocycles. The van der Waals surface area contributed by atoms with Gasteiger partial charge in [0.2, 0.25) is 0 Å². The van der Waals surface area contributed by atoms with Gasteiger partial charge in [-0.3, -0.25) is 0 Å². The van der Waals surface area contributed by atoms with Gasteiger partial charge in [-0.15, -0.1) is 0 Å². The molecule has 11 rings (SSSR count). The first-order valence-electron chi connectivity index (χ1n) is 18.7. The van der Waals surface area contributed by atoms with E-state index in [-0.39, 0.29) is 0 Å². The minimum atomic E-state index is 0.531. The Labute approximate surface area is 326 Å². The highest BCUT2D eigenvalue weighted by atomic mass is 15.1. The Morgan fingerprint density at radius 2 is 0.825 bits per heavy atom. The van der Waals surface area contributed by atoms with Crippen LogP contribution in [0.25, 0.3) is 93.6 Å². The van der Waals surface area contributed by atoms with Crippen molar-refractivity contribution in [3.8, 4) is 46.4 Å². The van der Waals surface area contributed by atoms with E-state index >= 15 is 0 Å². The summed E-state index contributed by atoms with van der Waals surface area (Å²) in [4.78, 5) is 0. The Morgan fingerprint density at radius 1 is 0.333 bits per heavy atom. The third-order valence-corrected chi connectivity index (χ3v) is 11.3. The molecule has 0 aliphatic carbocycles.